The third-order valence-electron chi connectivity index (χ3n) is 4.24. The standard InChI is InChI=1S/C19H19FN2O2/c20-16-9-5-4-8-15(16)12-21-19(24)17-10-11-18(23)22(17)13-14-6-2-1-3-7-14/h1-9,17H,10-13H2,(H,21,24). The Morgan fingerprint density at radius 1 is 1.12 bits per heavy atom. The highest BCUT2D eigenvalue weighted by Gasteiger charge is 2.35. The molecule has 2 amide bonds. The Labute approximate surface area is 140 Å². The van der Waals surface area contributed by atoms with Gasteiger partial charge in [0.05, 0.1) is 0 Å². The SMILES string of the molecule is O=C(NCc1ccccc1F)C1CCC(=O)N1Cc1ccccc1. The van der Waals surface area contributed by atoms with Crippen molar-refractivity contribution >= 4 is 11.8 Å². The fourth-order valence-electron chi connectivity index (χ4n) is 2.93. The number of benzene rings is 2. The van der Waals surface area contributed by atoms with Gasteiger partial charge in [-0.1, -0.05) is 48.5 Å². The Hall–Kier alpha value is -2.69. The monoisotopic (exact) mass is 326 g/mol. The van der Waals surface area contributed by atoms with E-state index in [0.29, 0.717) is 24.9 Å². The normalized spacial score (nSPS) is 17.1. The van der Waals surface area contributed by atoms with Crippen LogP contribution in [0.15, 0.2) is 54.6 Å². The van der Waals surface area contributed by atoms with Gasteiger partial charge in [0, 0.05) is 25.1 Å². The maximum absolute atomic E-state index is 13.6. The summed E-state index contributed by atoms with van der Waals surface area (Å²) in [5.41, 5.74) is 1.42. The summed E-state index contributed by atoms with van der Waals surface area (Å²) in [7, 11) is 0. The summed E-state index contributed by atoms with van der Waals surface area (Å²) >= 11 is 0. The number of carbonyl (C=O) groups is 2. The van der Waals surface area contributed by atoms with Gasteiger partial charge >= 0.3 is 0 Å². The maximum atomic E-state index is 13.6. The molecule has 124 valence electrons. The number of halogens is 1. The average Bonchev–Trinajstić information content (AvgIpc) is 2.96. The molecule has 0 saturated carbocycles. The van der Waals surface area contributed by atoms with Crippen molar-refractivity contribution in [1.82, 2.24) is 10.2 Å². The van der Waals surface area contributed by atoms with E-state index < -0.39 is 6.04 Å². The van der Waals surface area contributed by atoms with Gasteiger partial charge in [-0.05, 0) is 18.1 Å². The lowest BCUT2D eigenvalue weighted by Gasteiger charge is -2.24. The lowest BCUT2D eigenvalue weighted by molar-refractivity contribution is -0.135. The van der Waals surface area contributed by atoms with E-state index in [0.717, 1.165) is 5.56 Å². The summed E-state index contributed by atoms with van der Waals surface area (Å²) in [6.45, 7) is 0.535. The first-order valence-electron chi connectivity index (χ1n) is 7.99. The van der Waals surface area contributed by atoms with Crippen LogP contribution in [0.3, 0.4) is 0 Å². The van der Waals surface area contributed by atoms with Crippen LogP contribution in [0.25, 0.3) is 0 Å². The lowest BCUT2D eigenvalue weighted by Crippen LogP contribution is -2.44. The highest BCUT2D eigenvalue weighted by Crippen LogP contribution is 2.22. The molecule has 5 heteroatoms. The van der Waals surface area contributed by atoms with Crippen molar-refractivity contribution in [2.45, 2.75) is 32.0 Å². The fourth-order valence-corrected chi connectivity index (χ4v) is 2.93. The first-order chi connectivity index (χ1) is 11.6. The zero-order valence-electron chi connectivity index (χ0n) is 13.2. The molecule has 0 aromatic heterocycles. The van der Waals surface area contributed by atoms with Crippen LogP contribution in [0, 0.1) is 5.82 Å². The van der Waals surface area contributed by atoms with E-state index >= 15 is 0 Å². The molecular formula is C19H19FN2O2. The molecule has 0 bridgehead atoms. The van der Waals surface area contributed by atoms with Gasteiger partial charge in [-0.2, -0.15) is 0 Å². The molecule has 1 heterocycles. The summed E-state index contributed by atoms with van der Waals surface area (Å²) in [6.07, 6.45) is 0.861. The molecule has 24 heavy (non-hydrogen) atoms. The zero-order chi connectivity index (χ0) is 16.9. The number of nitrogens with one attached hydrogen (secondary N) is 1. The summed E-state index contributed by atoms with van der Waals surface area (Å²) < 4.78 is 13.6. The molecule has 1 fully saturated rings. The molecule has 2 aromatic carbocycles. The van der Waals surface area contributed by atoms with Gasteiger partial charge in [-0.25, -0.2) is 4.39 Å². The van der Waals surface area contributed by atoms with Crippen molar-refractivity contribution in [2.24, 2.45) is 0 Å². The van der Waals surface area contributed by atoms with Crippen LogP contribution < -0.4 is 5.32 Å². The average molecular weight is 326 g/mol. The predicted octanol–water partition coefficient (Wildman–Crippen LogP) is 2.63. The third-order valence-corrected chi connectivity index (χ3v) is 4.24. The number of rotatable bonds is 5. The Morgan fingerprint density at radius 2 is 1.83 bits per heavy atom. The summed E-state index contributed by atoms with van der Waals surface area (Å²) in [5.74, 6) is -0.605. The van der Waals surface area contributed by atoms with Gasteiger partial charge < -0.3 is 10.2 Å². The van der Waals surface area contributed by atoms with Gasteiger partial charge in [0.25, 0.3) is 0 Å². The fraction of sp³-hybridized carbons (Fsp3) is 0.263. The second-order valence-electron chi connectivity index (χ2n) is 5.87. The first-order valence-corrected chi connectivity index (χ1v) is 7.99. The van der Waals surface area contributed by atoms with Crippen molar-refractivity contribution < 1.29 is 14.0 Å². The van der Waals surface area contributed by atoms with Gasteiger partial charge in [0.2, 0.25) is 11.8 Å². The first kappa shape index (κ1) is 16.2. The highest BCUT2D eigenvalue weighted by molar-refractivity contribution is 5.90. The summed E-state index contributed by atoms with van der Waals surface area (Å²) in [6, 6.07) is 15.4. The van der Waals surface area contributed by atoms with Crippen LogP contribution in [0.2, 0.25) is 0 Å². The van der Waals surface area contributed by atoms with Crippen LogP contribution in [0.1, 0.15) is 24.0 Å². The van der Waals surface area contributed by atoms with E-state index in [1.165, 1.54) is 6.07 Å². The van der Waals surface area contributed by atoms with Crippen LogP contribution in [0.4, 0.5) is 4.39 Å². The molecule has 1 aliphatic rings. The summed E-state index contributed by atoms with van der Waals surface area (Å²) in [5, 5.41) is 2.75. The predicted molar refractivity (Wildman–Crippen MR) is 88.3 cm³/mol. The Morgan fingerprint density at radius 3 is 2.58 bits per heavy atom. The van der Waals surface area contributed by atoms with E-state index in [-0.39, 0.29) is 24.2 Å². The largest absolute Gasteiger partial charge is 0.350 e. The molecule has 1 atom stereocenters. The number of hydrogen-bond acceptors (Lipinski definition) is 2. The zero-order valence-corrected chi connectivity index (χ0v) is 13.2. The molecule has 3 rings (SSSR count). The molecule has 1 N–H and O–H groups in total. The minimum absolute atomic E-state index is 0.0232. The number of nitrogens with zero attached hydrogens (tertiary/aromatic N) is 1. The molecule has 1 aliphatic heterocycles. The Balaban J connectivity index is 1.64. The van der Waals surface area contributed by atoms with Crippen molar-refractivity contribution in [3.8, 4) is 0 Å². The van der Waals surface area contributed by atoms with Crippen LogP contribution >= 0.6 is 0 Å². The molecular weight excluding hydrogens is 307 g/mol. The topological polar surface area (TPSA) is 49.4 Å². The highest BCUT2D eigenvalue weighted by atomic mass is 19.1. The molecule has 1 unspecified atom stereocenters. The van der Waals surface area contributed by atoms with E-state index in [4.69, 9.17) is 0 Å². The van der Waals surface area contributed by atoms with E-state index in [9.17, 15) is 14.0 Å². The van der Waals surface area contributed by atoms with Crippen molar-refractivity contribution in [2.75, 3.05) is 0 Å². The van der Waals surface area contributed by atoms with Crippen LogP contribution in [-0.2, 0) is 22.7 Å². The number of hydrogen-bond donors (Lipinski definition) is 1. The van der Waals surface area contributed by atoms with Crippen LogP contribution in [0.5, 0.6) is 0 Å². The minimum atomic E-state index is -0.496. The van der Waals surface area contributed by atoms with Gasteiger partial charge in [-0.3, -0.25) is 9.59 Å². The molecule has 4 nitrogen and oxygen atoms in total. The van der Waals surface area contributed by atoms with Crippen molar-refractivity contribution in [3.63, 3.8) is 0 Å². The second-order valence-corrected chi connectivity index (χ2v) is 5.87. The maximum Gasteiger partial charge on any atom is 0.243 e. The lowest BCUT2D eigenvalue weighted by atomic mass is 10.1. The van der Waals surface area contributed by atoms with E-state index in [1.807, 2.05) is 30.3 Å². The number of amides is 2. The molecule has 1 saturated heterocycles. The Kier molecular flexibility index (Phi) is 4.89. The van der Waals surface area contributed by atoms with Crippen molar-refractivity contribution in [3.05, 3.63) is 71.5 Å². The number of carbonyl (C=O) groups excluding carboxylic acids is 2. The summed E-state index contributed by atoms with van der Waals surface area (Å²) in [4.78, 5) is 26.2. The van der Waals surface area contributed by atoms with Gasteiger partial charge in [-0.15, -0.1) is 0 Å². The quantitative estimate of drug-likeness (QED) is 0.918. The van der Waals surface area contributed by atoms with Crippen molar-refractivity contribution in [1.29, 1.82) is 0 Å². The number of likely N-dealkylation sites (tertiary alicyclic amines) is 1. The molecule has 0 spiro atoms. The minimum Gasteiger partial charge on any atom is -0.350 e. The van der Waals surface area contributed by atoms with Crippen LogP contribution in [-0.4, -0.2) is 22.8 Å². The third kappa shape index (κ3) is 3.62. The molecule has 2 aromatic rings. The second kappa shape index (κ2) is 7.25. The van der Waals surface area contributed by atoms with Gasteiger partial charge in [0.15, 0.2) is 0 Å². The molecule has 0 radical (unpaired) electrons. The van der Waals surface area contributed by atoms with Gasteiger partial charge in [0.1, 0.15) is 11.9 Å². The smallest absolute Gasteiger partial charge is 0.243 e. The molecule has 0 aliphatic carbocycles. The Bertz CT molecular complexity index is 733. The van der Waals surface area contributed by atoms with E-state index in [1.54, 1.807) is 23.1 Å². The van der Waals surface area contributed by atoms with E-state index in [2.05, 4.69) is 5.32 Å².